The Kier molecular flexibility index (Phi) is 3.99. The number of nitrogens with zero attached hydrogens (tertiary/aromatic N) is 1. The Balaban J connectivity index is 2.16. The summed E-state index contributed by atoms with van der Waals surface area (Å²) in [6, 6.07) is 1.36. The first-order valence-electron chi connectivity index (χ1n) is 5.70. The van der Waals surface area contributed by atoms with Crippen LogP contribution in [-0.4, -0.2) is 32.3 Å². The van der Waals surface area contributed by atoms with Gasteiger partial charge >= 0.3 is 0 Å². The molecule has 0 aliphatic carbocycles. The van der Waals surface area contributed by atoms with Crippen LogP contribution in [0.25, 0.3) is 0 Å². The van der Waals surface area contributed by atoms with Crippen LogP contribution in [-0.2, 0) is 9.05 Å². The van der Waals surface area contributed by atoms with Crippen molar-refractivity contribution in [2.45, 2.75) is 24.0 Å². The minimum Gasteiger partial charge on any atom is -0.338 e. The molecule has 0 radical (unpaired) electrons. The predicted octanol–water partition coefficient (Wildman–Crippen LogP) is 2.55. The average molecular weight is 308 g/mol. The fraction of sp³-hybridized carbons (Fsp3) is 0.545. The fourth-order valence-corrected chi connectivity index (χ4v) is 4.05. The van der Waals surface area contributed by atoms with Crippen molar-refractivity contribution in [3.05, 3.63) is 17.0 Å². The zero-order valence-corrected chi connectivity index (χ0v) is 12.3. The molecule has 0 saturated carbocycles. The highest BCUT2D eigenvalue weighted by Gasteiger charge is 2.24. The van der Waals surface area contributed by atoms with Crippen LogP contribution >= 0.6 is 22.0 Å². The Morgan fingerprint density at radius 2 is 2.28 bits per heavy atom. The Bertz CT molecular complexity index is 552. The van der Waals surface area contributed by atoms with Gasteiger partial charge in [-0.05, 0) is 24.8 Å². The molecule has 100 valence electrons. The first kappa shape index (κ1) is 13.8. The Labute approximate surface area is 115 Å². The van der Waals surface area contributed by atoms with Gasteiger partial charge in [-0.1, -0.05) is 6.92 Å². The van der Waals surface area contributed by atoms with Crippen LogP contribution in [0.15, 0.2) is 15.7 Å². The van der Waals surface area contributed by atoms with Gasteiger partial charge < -0.3 is 4.90 Å². The van der Waals surface area contributed by atoms with Crippen LogP contribution < -0.4 is 0 Å². The summed E-state index contributed by atoms with van der Waals surface area (Å²) in [7, 11) is 1.51. The zero-order chi connectivity index (χ0) is 13.3. The molecule has 1 saturated heterocycles. The lowest BCUT2D eigenvalue weighted by atomic mass is 10.00. The fourth-order valence-electron chi connectivity index (χ4n) is 2.11. The Hall–Kier alpha value is -0.590. The van der Waals surface area contributed by atoms with E-state index in [4.69, 9.17) is 10.7 Å². The molecule has 1 unspecified atom stereocenters. The molecule has 2 rings (SSSR count). The van der Waals surface area contributed by atoms with E-state index in [-0.39, 0.29) is 10.1 Å². The second kappa shape index (κ2) is 5.19. The van der Waals surface area contributed by atoms with Gasteiger partial charge in [-0.3, -0.25) is 4.79 Å². The molecular weight excluding hydrogens is 294 g/mol. The number of thiophene rings is 1. The van der Waals surface area contributed by atoms with Gasteiger partial charge in [-0.2, -0.15) is 0 Å². The van der Waals surface area contributed by atoms with Gasteiger partial charge in [0.15, 0.2) is 0 Å². The molecular formula is C11H14ClNO3S2. The highest BCUT2D eigenvalue weighted by molar-refractivity contribution is 8.15. The van der Waals surface area contributed by atoms with Gasteiger partial charge in [0.2, 0.25) is 0 Å². The predicted molar refractivity (Wildman–Crippen MR) is 71.7 cm³/mol. The number of carbonyl (C=O) groups is 1. The second-order valence-corrected chi connectivity index (χ2v) is 8.29. The normalized spacial score (nSPS) is 21.0. The summed E-state index contributed by atoms with van der Waals surface area (Å²) in [5, 5.41) is 1.55. The maximum Gasteiger partial charge on any atom is 0.270 e. The van der Waals surface area contributed by atoms with Crippen LogP contribution in [0, 0.1) is 5.92 Å². The molecule has 1 aromatic heterocycles. The van der Waals surface area contributed by atoms with Gasteiger partial charge in [0.05, 0.1) is 5.56 Å². The van der Waals surface area contributed by atoms with Crippen LogP contribution in [0.2, 0.25) is 0 Å². The number of halogens is 1. The smallest absolute Gasteiger partial charge is 0.270 e. The molecule has 0 aromatic carbocycles. The summed E-state index contributed by atoms with van der Waals surface area (Å²) >= 11 is 0.982. The lowest BCUT2D eigenvalue weighted by Crippen LogP contribution is -2.38. The Morgan fingerprint density at radius 3 is 2.83 bits per heavy atom. The molecule has 0 spiro atoms. The van der Waals surface area contributed by atoms with Crippen molar-refractivity contribution in [3.8, 4) is 0 Å². The zero-order valence-electron chi connectivity index (χ0n) is 9.93. The number of rotatable bonds is 2. The highest BCUT2D eigenvalue weighted by Crippen LogP contribution is 2.25. The molecule has 0 N–H and O–H groups in total. The van der Waals surface area contributed by atoms with Crippen molar-refractivity contribution in [3.63, 3.8) is 0 Å². The number of carbonyl (C=O) groups excluding carboxylic acids is 1. The number of hydrogen-bond donors (Lipinski definition) is 0. The summed E-state index contributed by atoms with van der Waals surface area (Å²) in [6.07, 6.45) is 2.13. The van der Waals surface area contributed by atoms with E-state index in [1.807, 2.05) is 0 Å². The molecule has 1 atom stereocenters. The summed E-state index contributed by atoms with van der Waals surface area (Å²) in [5.41, 5.74) is 0.410. The summed E-state index contributed by atoms with van der Waals surface area (Å²) < 4.78 is 22.3. The first-order chi connectivity index (χ1) is 8.38. The molecule has 1 fully saturated rings. The van der Waals surface area contributed by atoms with Crippen molar-refractivity contribution in [1.29, 1.82) is 0 Å². The molecule has 7 heteroatoms. The number of piperidine rings is 1. The SMILES string of the molecule is CC1CCCN(C(=O)c2csc(S(=O)(=O)Cl)c2)C1. The van der Waals surface area contributed by atoms with E-state index in [1.54, 1.807) is 10.3 Å². The molecule has 0 bridgehead atoms. The molecule has 18 heavy (non-hydrogen) atoms. The van der Waals surface area contributed by atoms with E-state index >= 15 is 0 Å². The van der Waals surface area contributed by atoms with E-state index in [0.29, 0.717) is 11.5 Å². The average Bonchev–Trinajstić information content (AvgIpc) is 2.77. The lowest BCUT2D eigenvalue weighted by molar-refractivity contribution is 0.0683. The molecule has 1 aromatic rings. The monoisotopic (exact) mass is 307 g/mol. The minimum atomic E-state index is -3.74. The topological polar surface area (TPSA) is 54.5 Å². The van der Waals surface area contributed by atoms with Gasteiger partial charge in [-0.15, -0.1) is 11.3 Å². The third-order valence-corrected chi connectivity index (χ3v) is 6.05. The molecule has 1 aliphatic rings. The molecule has 4 nitrogen and oxygen atoms in total. The van der Waals surface area contributed by atoms with E-state index in [1.165, 1.54) is 6.07 Å². The van der Waals surface area contributed by atoms with Crippen molar-refractivity contribution >= 4 is 37.0 Å². The van der Waals surface area contributed by atoms with Crippen molar-refractivity contribution in [2.75, 3.05) is 13.1 Å². The number of likely N-dealkylation sites (tertiary alicyclic amines) is 1. The largest absolute Gasteiger partial charge is 0.338 e. The minimum absolute atomic E-state index is 0.0255. The molecule has 1 aliphatic heterocycles. The van der Waals surface area contributed by atoms with Gasteiger partial charge in [-0.25, -0.2) is 8.42 Å². The van der Waals surface area contributed by atoms with Crippen LogP contribution in [0.3, 0.4) is 0 Å². The second-order valence-electron chi connectivity index (χ2n) is 4.59. The van der Waals surface area contributed by atoms with E-state index in [2.05, 4.69) is 6.92 Å². The van der Waals surface area contributed by atoms with Gasteiger partial charge in [0.25, 0.3) is 15.0 Å². The van der Waals surface area contributed by atoms with Gasteiger partial charge in [0.1, 0.15) is 4.21 Å². The van der Waals surface area contributed by atoms with Crippen LogP contribution in [0.1, 0.15) is 30.1 Å². The van der Waals surface area contributed by atoms with Crippen molar-refractivity contribution in [2.24, 2.45) is 5.92 Å². The number of amides is 1. The lowest BCUT2D eigenvalue weighted by Gasteiger charge is -2.30. The molecule has 1 amide bonds. The van der Waals surface area contributed by atoms with E-state index < -0.39 is 9.05 Å². The summed E-state index contributed by atoms with van der Waals surface area (Å²) in [6.45, 7) is 3.58. The standard InChI is InChI=1S/C11H14ClNO3S2/c1-8-3-2-4-13(6-8)11(14)9-5-10(17-7-9)18(12,15)16/h5,7-8H,2-4,6H2,1H3. The van der Waals surface area contributed by atoms with E-state index in [0.717, 1.165) is 37.3 Å². The third-order valence-electron chi connectivity index (χ3n) is 3.01. The summed E-state index contributed by atoms with van der Waals surface area (Å²) in [4.78, 5) is 14.0. The summed E-state index contributed by atoms with van der Waals surface area (Å²) in [5.74, 6) is 0.391. The number of hydrogen-bond acceptors (Lipinski definition) is 4. The third kappa shape index (κ3) is 3.05. The first-order valence-corrected chi connectivity index (χ1v) is 8.89. The van der Waals surface area contributed by atoms with Gasteiger partial charge in [0, 0.05) is 29.2 Å². The van der Waals surface area contributed by atoms with Crippen LogP contribution in [0.4, 0.5) is 0 Å². The Morgan fingerprint density at radius 1 is 1.56 bits per heavy atom. The maximum absolute atomic E-state index is 12.2. The quantitative estimate of drug-likeness (QED) is 0.789. The van der Waals surface area contributed by atoms with Crippen molar-refractivity contribution in [1.82, 2.24) is 4.90 Å². The molecule has 2 heterocycles. The van der Waals surface area contributed by atoms with Crippen LogP contribution in [0.5, 0.6) is 0 Å². The maximum atomic E-state index is 12.2. The highest BCUT2D eigenvalue weighted by atomic mass is 35.7. The van der Waals surface area contributed by atoms with E-state index in [9.17, 15) is 13.2 Å². The van der Waals surface area contributed by atoms with Crippen molar-refractivity contribution < 1.29 is 13.2 Å².